The number of amides is 1. The summed E-state index contributed by atoms with van der Waals surface area (Å²) in [6.45, 7) is 1.32. The smallest absolute Gasteiger partial charge is 0.325 e. The van der Waals surface area contributed by atoms with Gasteiger partial charge in [-0.15, -0.1) is 0 Å². The highest BCUT2D eigenvalue weighted by atomic mass is 16.4. The molecule has 0 aromatic carbocycles. The Labute approximate surface area is 86.3 Å². The quantitative estimate of drug-likeness (QED) is 0.441. The third-order valence-corrected chi connectivity index (χ3v) is 1.75. The minimum absolute atomic E-state index is 0.0203. The van der Waals surface area contributed by atoms with Crippen molar-refractivity contribution in [3.63, 3.8) is 0 Å². The van der Waals surface area contributed by atoms with Crippen molar-refractivity contribution in [2.75, 3.05) is 0 Å². The average Bonchev–Trinajstić information content (AvgIpc) is 2.13. The maximum Gasteiger partial charge on any atom is 0.325 e. The van der Waals surface area contributed by atoms with Crippen molar-refractivity contribution in [2.24, 2.45) is 5.73 Å². The van der Waals surface area contributed by atoms with Crippen LogP contribution in [-0.2, 0) is 14.4 Å². The van der Waals surface area contributed by atoms with Crippen molar-refractivity contribution >= 4 is 17.8 Å². The van der Waals surface area contributed by atoms with Crippen molar-refractivity contribution in [3.05, 3.63) is 0 Å². The summed E-state index contributed by atoms with van der Waals surface area (Å²) >= 11 is 0. The van der Waals surface area contributed by atoms with Gasteiger partial charge in [-0.25, -0.2) is 0 Å². The number of hydrogen-bond donors (Lipinski definition) is 4. The first-order chi connectivity index (χ1) is 6.84. The van der Waals surface area contributed by atoms with Crippen molar-refractivity contribution < 1.29 is 24.6 Å². The number of carbonyl (C=O) groups is 3. The van der Waals surface area contributed by atoms with E-state index in [4.69, 9.17) is 15.9 Å². The van der Waals surface area contributed by atoms with Crippen LogP contribution in [0.2, 0.25) is 0 Å². The van der Waals surface area contributed by atoms with Crippen LogP contribution in [0.1, 0.15) is 19.8 Å². The molecule has 0 saturated heterocycles. The summed E-state index contributed by atoms with van der Waals surface area (Å²) in [4.78, 5) is 31.7. The van der Waals surface area contributed by atoms with Crippen LogP contribution >= 0.6 is 0 Å². The van der Waals surface area contributed by atoms with Gasteiger partial charge in [0, 0.05) is 6.42 Å². The Kier molecular flexibility index (Phi) is 5.32. The zero-order valence-corrected chi connectivity index (χ0v) is 8.27. The third-order valence-electron chi connectivity index (χ3n) is 1.75. The number of carboxylic acids is 2. The molecule has 0 fully saturated rings. The predicted octanol–water partition coefficient (Wildman–Crippen LogP) is -1.23. The van der Waals surface area contributed by atoms with Crippen LogP contribution in [0, 0.1) is 0 Å². The average molecular weight is 218 g/mol. The fraction of sp³-hybridized carbons (Fsp3) is 0.625. The van der Waals surface area contributed by atoms with E-state index in [1.807, 2.05) is 0 Å². The fourth-order valence-corrected chi connectivity index (χ4v) is 0.785. The maximum atomic E-state index is 11.1. The number of carbonyl (C=O) groups excluding carboxylic acids is 1. The molecule has 0 heterocycles. The molecule has 7 nitrogen and oxygen atoms in total. The maximum absolute atomic E-state index is 11.1. The van der Waals surface area contributed by atoms with Gasteiger partial charge in [-0.3, -0.25) is 14.4 Å². The van der Waals surface area contributed by atoms with E-state index in [1.165, 1.54) is 6.92 Å². The van der Waals surface area contributed by atoms with E-state index >= 15 is 0 Å². The van der Waals surface area contributed by atoms with Gasteiger partial charge < -0.3 is 21.3 Å². The topological polar surface area (TPSA) is 130 Å². The SMILES string of the molecule is CC(NC(=O)CCC(N)C(=O)O)C(=O)O. The summed E-state index contributed by atoms with van der Waals surface area (Å²) in [5, 5.41) is 19.1. The number of hydrogen-bond acceptors (Lipinski definition) is 4. The molecule has 2 atom stereocenters. The summed E-state index contributed by atoms with van der Waals surface area (Å²) in [6.07, 6.45) is -0.126. The monoisotopic (exact) mass is 218 g/mol. The predicted molar refractivity (Wildman–Crippen MR) is 50.1 cm³/mol. The molecule has 7 heteroatoms. The first-order valence-corrected chi connectivity index (χ1v) is 4.35. The minimum Gasteiger partial charge on any atom is -0.480 e. The summed E-state index contributed by atoms with van der Waals surface area (Å²) < 4.78 is 0. The van der Waals surface area contributed by atoms with E-state index in [1.54, 1.807) is 0 Å². The van der Waals surface area contributed by atoms with Crippen molar-refractivity contribution in [2.45, 2.75) is 31.8 Å². The summed E-state index contributed by atoms with van der Waals surface area (Å²) in [5.41, 5.74) is 5.16. The number of rotatable bonds is 6. The van der Waals surface area contributed by atoms with Gasteiger partial charge in [-0.05, 0) is 13.3 Å². The van der Waals surface area contributed by atoms with Crippen LogP contribution in [-0.4, -0.2) is 40.1 Å². The van der Waals surface area contributed by atoms with Crippen LogP contribution in [0.15, 0.2) is 0 Å². The second-order valence-electron chi connectivity index (χ2n) is 3.11. The van der Waals surface area contributed by atoms with E-state index in [-0.39, 0.29) is 12.8 Å². The molecule has 0 aliphatic heterocycles. The molecule has 2 unspecified atom stereocenters. The van der Waals surface area contributed by atoms with Crippen molar-refractivity contribution in [3.8, 4) is 0 Å². The lowest BCUT2D eigenvalue weighted by Crippen LogP contribution is -2.39. The highest BCUT2D eigenvalue weighted by Crippen LogP contribution is 1.95. The minimum atomic E-state index is -1.19. The second kappa shape index (κ2) is 5.97. The van der Waals surface area contributed by atoms with Gasteiger partial charge in [-0.2, -0.15) is 0 Å². The first-order valence-electron chi connectivity index (χ1n) is 4.35. The zero-order chi connectivity index (χ0) is 12.0. The molecular formula is C8H14N2O5. The summed E-state index contributed by atoms with van der Waals surface area (Å²) in [5.74, 6) is -2.86. The van der Waals surface area contributed by atoms with Crippen molar-refractivity contribution in [1.82, 2.24) is 5.32 Å². The molecule has 0 aromatic rings. The Morgan fingerprint density at radius 3 is 2.20 bits per heavy atom. The van der Waals surface area contributed by atoms with E-state index in [0.29, 0.717) is 0 Å². The molecule has 15 heavy (non-hydrogen) atoms. The Hall–Kier alpha value is -1.63. The van der Waals surface area contributed by atoms with Gasteiger partial charge in [0.05, 0.1) is 0 Å². The van der Waals surface area contributed by atoms with Gasteiger partial charge in [0.15, 0.2) is 0 Å². The Bertz CT molecular complexity index is 266. The summed E-state index contributed by atoms with van der Waals surface area (Å²) in [7, 11) is 0. The largest absolute Gasteiger partial charge is 0.480 e. The first kappa shape index (κ1) is 13.4. The number of nitrogens with one attached hydrogen (secondary N) is 1. The van der Waals surface area contributed by atoms with Crippen LogP contribution in [0.5, 0.6) is 0 Å². The molecule has 0 aliphatic rings. The lowest BCUT2D eigenvalue weighted by atomic mass is 10.1. The molecular weight excluding hydrogens is 204 g/mol. The Balaban J connectivity index is 3.85. The van der Waals surface area contributed by atoms with Crippen LogP contribution < -0.4 is 11.1 Å². The Morgan fingerprint density at radius 2 is 1.80 bits per heavy atom. The molecule has 0 spiro atoms. The molecule has 1 amide bonds. The highest BCUT2D eigenvalue weighted by molar-refractivity contribution is 5.83. The lowest BCUT2D eigenvalue weighted by molar-refractivity contribution is -0.142. The number of nitrogens with two attached hydrogens (primary N) is 1. The molecule has 0 aliphatic carbocycles. The van der Waals surface area contributed by atoms with E-state index in [0.717, 1.165) is 0 Å². The summed E-state index contributed by atoms with van der Waals surface area (Å²) in [6, 6.07) is -2.09. The van der Waals surface area contributed by atoms with Gasteiger partial charge >= 0.3 is 11.9 Å². The third kappa shape index (κ3) is 5.63. The fourth-order valence-electron chi connectivity index (χ4n) is 0.785. The normalized spacial score (nSPS) is 14.0. The molecule has 5 N–H and O–H groups in total. The molecule has 86 valence electrons. The van der Waals surface area contributed by atoms with E-state index in [2.05, 4.69) is 5.32 Å². The van der Waals surface area contributed by atoms with Gasteiger partial charge in [0.2, 0.25) is 5.91 Å². The van der Waals surface area contributed by atoms with Gasteiger partial charge in [0.1, 0.15) is 12.1 Å². The molecule has 0 aromatic heterocycles. The standard InChI is InChI=1S/C8H14N2O5/c1-4(7(12)13)10-6(11)3-2-5(9)8(14)15/h4-5H,2-3,9H2,1H3,(H,10,11)(H,12,13)(H,14,15). The number of carboxylic acid groups (broad SMARTS) is 2. The lowest BCUT2D eigenvalue weighted by Gasteiger charge is -2.10. The number of aliphatic carboxylic acids is 2. The van der Waals surface area contributed by atoms with Crippen LogP contribution in [0.4, 0.5) is 0 Å². The van der Waals surface area contributed by atoms with Gasteiger partial charge in [-0.1, -0.05) is 0 Å². The second-order valence-corrected chi connectivity index (χ2v) is 3.11. The van der Waals surface area contributed by atoms with E-state index in [9.17, 15) is 14.4 Å². The molecule has 0 radical (unpaired) electrons. The van der Waals surface area contributed by atoms with Crippen molar-refractivity contribution in [1.29, 1.82) is 0 Å². The molecule has 0 bridgehead atoms. The van der Waals surface area contributed by atoms with E-state index < -0.39 is 29.9 Å². The molecule has 0 rings (SSSR count). The van der Waals surface area contributed by atoms with Crippen LogP contribution in [0.25, 0.3) is 0 Å². The highest BCUT2D eigenvalue weighted by Gasteiger charge is 2.16. The van der Waals surface area contributed by atoms with Crippen LogP contribution in [0.3, 0.4) is 0 Å². The molecule has 0 saturated carbocycles. The Morgan fingerprint density at radius 1 is 1.27 bits per heavy atom. The van der Waals surface area contributed by atoms with Gasteiger partial charge in [0.25, 0.3) is 0 Å². The zero-order valence-electron chi connectivity index (χ0n) is 8.27.